The Kier molecular flexibility index (Phi) is 20.6. The van der Waals surface area contributed by atoms with Crippen LogP contribution in [0.4, 0.5) is 5.69 Å². The number of aliphatic hydroxyl groups excluding tert-OH is 8. The van der Waals surface area contributed by atoms with Gasteiger partial charge >= 0.3 is 10.4 Å². The van der Waals surface area contributed by atoms with Crippen LogP contribution in [0.25, 0.3) is 21.7 Å². The Morgan fingerprint density at radius 1 is 0.758 bits per heavy atom. The van der Waals surface area contributed by atoms with Crippen molar-refractivity contribution in [3.05, 3.63) is 102 Å². The zero-order valence-electron chi connectivity index (χ0n) is 48.9. The van der Waals surface area contributed by atoms with Gasteiger partial charge in [0, 0.05) is 78.1 Å². The smallest absolute Gasteiger partial charge is 0.497 e. The third kappa shape index (κ3) is 14.3. The second-order valence-electron chi connectivity index (χ2n) is 21.4. The van der Waals surface area contributed by atoms with Gasteiger partial charge in [0.05, 0.1) is 78.3 Å². The number of rotatable bonds is 27. The van der Waals surface area contributed by atoms with E-state index in [1.807, 2.05) is 0 Å². The number of nitrogens with one attached hydrogen (secondary N) is 1. The van der Waals surface area contributed by atoms with Gasteiger partial charge in [0.15, 0.2) is 28.7 Å². The monoisotopic (exact) mass is 1310 g/mol. The fourth-order valence-corrected chi connectivity index (χ4v) is 11.6. The highest BCUT2D eigenvalue weighted by molar-refractivity contribution is 7.82. The summed E-state index contributed by atoms with van der Waals surface area (Å²) in [5, 5.41) is 92.3. The van der Waals surface area contributed by atoms with E-state index in [1.165, 1.54) is 71.1 Å². The summed E-state index contributed by atoms with van der Waals surface area (Å²) in [5.41, 5.74) is 1.39. The highest BCUT2D eigenvalue weighted by Crippen LogP contribution is 2.48. The van der Waals surface area contributed by atoms with Gasteiger partial charge in [-0.05, 0) is 66.4 Å². The number of aromatic nitrogens is 4. The number of imide groups is 1. The fraction of sp³-hybridized carbons (Fsp3) is 0.448. The molecule has 0 radical (unpaired) electrons. The van der Waals surface area contributed by atoms with Crippen LogP contribution in [-0.4, -0.2) is 243 Å². The van der Waals surface area contributed by atoms with E-state index in [2.05, 4.69) is 15.3 Å². The highest BCUT2D eigenvalue weighted by Gasteiger charge is 2.47. The van der Waals surface area contributed by atoms with Gasteiger partial charge in [0.25, 0.3) is 23.6 Å². The minimum atomic E-state index is -5.36. The quantitative estimate of drug-likeness (QED) is 0.0180. The van der Waals surface area contributed by atoms with Crippen molar-refractivity contribution in [3.63, 3.8) is 0 Å². The van der Waals surface area contributed by atoms with Gasteiger partial charge in [-0.1, -0.05) is 5.21 Å². The lowest BCUT2D eigenvalue weighted by atomic mass is 9.95. The number of alkyl halides is 1. The van der Waals surface area contributed by atoms with Crippen LogP contribution in [0.1, 0.15) is 44.9 Å². The molecule has 91 heavy (non-hydrogen) atoms. The van der Waals surface area contributed by atoms with Crippen LogP contribution in [-0.2, 0) is 52.1 Å². The Labute approximate surface area is 523 Å². The summed E-state index contributed by atoms with van der Waals surface area (Å²) in [6, 6.07) is 13.9. The molecule has 4 aliphatic heterocycles. The van der Waals surface area contributed by atoms with Gasteiger partial charge in [-0.3, -0.25) is 24.1 Å². The minimum Gasteiger partial charge on any atom is -0.497 e. The molecule has 490 valence electrons. The summed E-state index contributed by atoms with van der Waals surface area (Å²) in [4.78, 5) is 59.2. The minimum absolute atomic E-state index is 0.00142. The number of H-pyrrole nitrogens is 1. The Bertz CT molecular complexity index is 3770. The molecule has 33 heteroatoms. The topological polar surface area (TPSA) is 413 Å². The van der Waals surface area contributed by atoms with Gasteiger partial charge in [-0.25, -0.2) is 4.68 Å². The van der Waals surface area contributed by atoms with Gasteiger partial charge < -0.3 is 102 Å². The first-order valence-electron chi connectivity index (χ1n) is 28.5. The Morgan fingerprint density at radius 2 is 1.43 bits per heavy atom. The average Bonchev–Trinajstić information content (AvgIpc) is 1.64. The number of fused-ring (bicyclic) bond motifs is 4. The number of anilines is 1. The van der Waals surface area contributed by atoms with Crippen LogP contribution in [0, 0.1) is 0 Å². The maximum Gasteiger partial charge on any atom is 0.501 e. The van der Waals surface area contributed by atoms with E-state index in [9.17, 15) is 68.4 Å². The van der Waals surface area contributed by atoms with Crippen molar-refractivity contribution in [2.75, 3.05) is 84.2 Å². The molecular formula is C58H66ClN7O24S. The predicted molar refractivity (Wildman–Crippen MR) is 314 cm³/mol. The van der Waals surface area contributed by atoms with Crippen LogP contribution >= 0.6 is 11.6 Å². The lowest BCUT2D eigenvalue weighted by molar-refractivity contribution is -0.277. The normalized spacial score (nSPS) is 24.1. The Balaban J connectivity index is 0.879. The van der Waals surface area contributed by atoms with Crippen LogP contribution in [0.15, 0.2) is 79.0 Å². The molecule has 0 unspecified atom stereocenters. The summed E-state index contributed by atoms with van der Waals surface area (Å²) in [5.74, 6) is -3.72. The van der Waals surface area contributed by atoms with E-state index in [-0.39, 0.29) is 105 Å². The molecule has 4 amide bonds. The van der Waals surface area contributed by atoms with Crippen molar-refractivity contribution in [3.8, 4) is 34.5 Å². The number of carbonyl (C=O) groups is 4. The highest BCUT2D eigenvalue weighted by atomic mass is 35.5. The summed E-state index contributed by atoms with van der Waals surface area (Å²) in [6.45, 7) is 1.01. The molecule has 6 aromatic rings. The fourth-order valence-electron chi connectivity index (χ4n) is 10.6. The average molecular weight is 1310 g/mol. The molecule has 2 fully saturated rings. The first kappa shape index (κ1) is 66.1. The predicted octanol–water partition coefficient (Wildman–Crippen LogP) is -0.407. The third-order valence-electron chi connectivity index (χ3n) is 15.4. The van der Waals surface area contributed by atoms with E-state index in [1.54, 1.807) is 31.3 Å². The number of hydrogen-bond donors (Lipinski definition) is 9. The lowest BCUT2D eigenvalue weighted by Gasteiger charge is -2.39. The summed E-state index contributed by atoms with van der Waals surface area (Å²) >= 11 is 6.63. The molecule has 2 saturated heterocycles. The molecule has 0 aliphatic carbocycles. The maximum atomic E-state index is 14.9. The van der Waals surface area contributed by atoms with Gasteiger partial charge in [-0.2, -0.15) is 0 Å². The molecule has 0 saturated carbocycles. The van der Waals surface area contributed by atoms with Gasteiger partial charge in [0.1, 0.15) is 66.0 Å². The number of methoxy groups -OCH3 is 1. The van der Waals surface area contributed by atoms with Crippen LogP contribution in [0.2, 0.25) is 0 Å². The number of ether oxygens (including phenoxy) is 8. The van der Waals surface area contributed by atoms with Crippen molar-refractivity contribution in [2.24, 2.45) is 0 Å². The first-order valence-corrected chi connectivity index (χ1v) is 30.4. The molecule has 6 heterocycles. The number of amides is 4. The number of aliphatic hydroxyl groups is 8. The molecular weight excluding hydrogens is 1250 g/mol. The van der Waals surface area contributed by atoms with Crippen molar-refractivity contribution in [1.29, 1.82) is 0 Å². The Hall–Kier alpha value is -7.80. The van der Waals surface area contributed by atoms with Crippen LogP contribution in [0.3, 0.4) is 0 Å². The number of benzene rings is 4. The largest absolute Gasteiger partial charge is 0.501 e. The Morgan fingerprint density at radius 3 is 2.09 bits per heavy atom. The molecule has 2 aromatic heterocycles. The standard InChI is InChI=1S/C58H66ClN7O24S/c1-4-84-41-19-30-17-37(60-36(30)21-42(41)86-58-54(76)52(74)50(72)45(27-68)88-58)56(78)66-24-31(23-59)48-35-20-33(81-3)6-7-34(35)40(22-38(48)66)89-91(79,80)90-43-18-29(5-8-39(43)85-57-53(75)51(73)49(71)44(26-67)87-57)55(77)63(2)11-14-82-15-12-64-25-32(61-62-64)28-83-16-13-65-46(69)9-10-47(65)70/h5-10,17-22,25,31,44-45,49-54,57-58,60,67-68,71-76H,4,11-16,23-24,26-28H2,1-3H3/t31-,44-,45-,49+,50+,51+,52+,53-,54-,57-,58-/m1/s1. The van der Waals surface area contributed by atoms with E-state index in [0.29, 0.717) is 33.3 Å². The first-order chi connectivity index (χ1) is 43.6. The molecule has 9 N–H and O–H groups in total. The van der Waals surface area contributed by atoms with E-state index < -0.39 is 126 Å². The molecule has 10 rings (SSSR count). The zero-order chi connectivity index (χ0) is 65.0. The van der Waals surface area contributed by atoms with Crippen molar-refractivity contribution >= 4 is 73.0 Å². The second kappa shape index (κ2) is 28.4. The van der Waals surface area contributed by atoms with E-state index in [4.69, 9.17) is 57.9 Å². The third-order valence-corrected chi connectivity index (χ3v) is 16.6. The zero-order valence-corrected chi connectivity index (χ0v) is 50.5. The lowest BCUT2D eigenvalue weighted by Crippen LogP contribution is -2.60. The number of carbonyl (C=O) groups excluding carboxylic acids is 4. The molecule has 31 nitrogen and oxygen atoms in total. The summed E-state index contributed by atoms with van der Waals surface area (Å²) < 4.78 is 87.6. The number of likely N-dealkylation sites (N-methyl/N-ethyl adjacent to an activating group) is 1. The maximum absolute atomic E-state index is 14.9. The van der Waals surface area contributed by atoms with Crippen molar-refractivity contribution < 1.29 is 115 Å². The van der Waals surface area contributed by atoms with Crippen LogP contribution < -0.4 is 32.2 Å². The molecule has 4 aromatic carbocycles. The number of halogens is 1. The second-order valence-corrected chi connectivity index (χ2v) is 22.8. The molecule has 0 bridgehead atoms. The summed E-state index contributed by atoms with van der Waals surface area (Å²) in [6.07, 6.45) is -12.9. The SMILES string of the molecule is CCOc1cc2cc(C(=O)N3C[C@@H](CCl)c4c3cc(OS(=O)(=O)Oc3cc(C(=O)N(C)CCOCCn5cc(COCCN6C(=O)C=CC6=O)nn5)ccc3O[C@@H]3O[C@H](CO)[C@H](O)[C@H](O)[C@H]3O)c3ccc(OC)cc43)[nH]c2cc1O[C@@H]1O[C@H](CO)[C@H](O)[C@H](O)[C@H]1O. The number of nitrogens with zero attached hydrogens (tertiary/aromatic N) is 6. The number of aromatic amines is 1. The van der Waals surface area contributed by atoms with Gasteiger partial charge in [-0.15, -0.1) is 25.1 Å². The van der Waals surface area contributed by atoms with Crippen molar-refractivity contribution in [1.82, 2.24) is 29.8 Å². The molecule has 11 atom stereocenters. The van der Waals surface area contributed by atoms with E-state index >= 15 is 0 Å². The number of hydrogen-bond acceptors (Lipinski definition) is 26. The van der Waals surface area contributed by atoms with Crippen LogP contribution in [0.5, 0.6) is 34.5 Å². The molecule has 0 spiro atoms. The van der Waals surface area contributed by atoms with Crippen molar-refractivity contribution in [2.45, 2.75) is 87.4 Å². The molecule has 4 aliphatic rings. The summed E-state index contributed by atoms with van der Waals surface area (Å²) in [7, 11) is -2.49. The van der Waals surface area contributed by atoms with E-state index in [0.717, 1.165) is 17.0 Å². The van der Waals surface area contributed by atoms with Gasteiger partial charge in [0.2, 0.25) is 12.6 Å².